The first-order valence-corrected chi connectivity index (χ1v) is 7.71. The predicted molar refractivity (Wildman–Crippen MR) is 83.2 cm³/mol. The lowest BCUT2D eigenvalue weighted by Gasteiger charge is -2.19. The zero-order valence-corrected chi connectivity index (χ0v) is 12.7. The Morgan fingerprint density at radius 1 is 1.30 bits per heavy atom. The molecule has 4 rings (SSSR count). The maximum absolute atomic E-state index is 14.0. The Labute approximate surface area is 133 Å². The summed E-state index contributed by atoms with van der Waals surface area (Å²) in [5.41, 5.74) is 3.53. The van der Waals surface area contributed by atoms with Crippen LogP contribution in [0.3, 0.4) is 0 Å². The van der Waals surface area contributed by atoms with Crippen LogP contribution in [0.15, 0.2) is 43.0 Å². The smallest absolute Gasteiger partial charge is 0.166 e. The highest BCUT2D eigenvalue weighted by molar-refractivity contribution is 5.68. The second-order valence-corrected chi connectivity index (χ2v) is 5.73. The number of hydrogen-bond acceptors (Lipinski definition) is 3. The Hall–Kier alpha value is -2.47. The molecule has 0 saturated carbocycles. The van der Waals surface area contributed by atoms with E-state index in [-0.39, 0.29) is 11.7 Å². The number of aliphatic hydroxyl groups is 1. The lowest BCUT2D eigenvalue weighted by Crippen LogP contribution is -2.15. The van der Waals surface area contributed by atoms with Gasteiger partial charge in [-0.1, -0.05) is 24.3 Å². The summed E-state index contributed by atoms with van der Waals surface area (Å²) in [6.45, 7) is 2.40. The molecule has 1 aliphatic rings. The molecular formula is C17H17FN4O. The molecule has 2 aromatic heterocycles. The van der Waals surface area contributed by atoms with E-state index in [1.165, 1.54) is 4.68 Å². The van der Waals surface area contributed by atoms with Crippen molar-refractivity contribution in [2.45, 2.75) is 32.0 Å². The molecule has 0 bridgehead atoms. The molecule has 3 heterocycles. The Balaban J connectivity index is 1.71. The average Bonchev–Trinajstić information content (AvgIpc) is 3.24. The van der Waals surface area contributed by atoms with Gasteiger partial charge in [-0.2, -0.15) is 5.10 Å². The van der Waals surface area contributed by atoms with Gasteiger partial charge in [-0.25, -0.2) is 9.37 Å². The number of hydrogen-bond donors (Lipinski definition) is 1. The van der Waals surface area contributed by atoms with Crippen LogP contribution in [0, 0.1) is 5.82 Å². The fourth-order valence-electron chi connectivity index (χ4n) is 3.45. The summed E-state index contributed by atoms with van der Waals surface area (Å²) in [5.74, 6) is -0.462. The first kappa shape index (κ1) is 14.1. The standard InChI is InChI=1S/C17H17FN4O/c1-2-22-17(13(18)8-20-22)16(23)7-14-11-5-3-4-6-12(11)15-9-19-10-21(14)15/h3-6,8-10,14,16,23H,2,7H2,1H3/t14-,16+/m0/s1. The molecule has 0 fully saturated rings. The van der Waals surface area contributed by atoms with Crippen molar-refractivity contribution in [2.75, 3.05) is 0 Å². The third-order valence-corrected chi connectivity index (χ3v) is 4.49. The van der Waals surface area contributed by atoms with Gasteiger partial charge in [0.15, 0.2) is 5.82 Å². The Kier molecular flexibility index (Phi) is 3.27. The fourth-order valence-corrected chi connectivity index (χ4v) is 3.45. The van der Waals surface area contributed by atoms with Crippen LogP contribution in [0.5, 0.6) is 0 Å². The van der Waals surface area contributed by atoms with Crippen molar-refractivity contribution in [2.24, 2.45) is 0 Å². The van der Waals surface area contributed by atoms with E-state index >= 15 is 0 Å². The van der Waals surface area contributed by atoms with Crippen LogP contribution in [-0.4, -0.2) is 24.4 Å². The molecule has 0 saturated heterocycles. The van der Waals surface area contributed by atoms with Crippen molar-refractivity contribution >= 4 is 0 Å². The number of aliphatic hydroxyl groups excluding tert-OH is 1. The van der Waals surface area contributed by atoms with Crippen molar-refractivity contribution in [3.8, 4) is 11.3 Å². The normalized spacial score (nSPS) is 17.1. The number of nitrogens with zero attached hydrogens (tertiary/aromatic N) is 4. The molecule has 1 aliphatic heterocycles. The van der Waals surface area contributed by atoms with Crippen LogP contribution in [0.1, 0.15) is 36.7 Å². The molecule has 0 aliphatic carbocycles. The minimum absolute atomic E-state index is 0.0571. The van der Waals surface area contributed by atoms with Crippen LogP contribution in [-0.2, 0) is 6.54 Å². The molecule has 1 N–H and O–H groups in total. The highest BCUT2D eigenvalue weighted by atomic mass is 19.1. The molecule has 0 spiro atoms. The zero-order chi connectivity index (χ0) is 16.0. The first-order chi connectivity index (χ1) is 11.2. The van der Waals surface area contributed by atoms with Crippen molar-refractivity contribution in [1.29, 1.82) is 0 Å². The molecule has 0 amide bonds. The van der Waals surface area contributed by atoms with Gasteiger partial charge in [-0.3, -0.25) is 4.68 Å². The number of benzene rings is 1. The third-order valence-electron chi connectivity index (χ3n) is 4.49. The topological polar surface area (TPSA) is 55.9 Å². The molecule has 5 nitrogen and oxygen atoms in total. The van der Waals surface area contributed by atoms with E-state index in [0.717, 1.165) is 23.0 Å². The van der Waals surface area contributed by atoms with Crippen LogP contribution in [0.2, 0.25) is 0 Å². The van der Waals surface area contributed by atoms with Crippen molar-refractivity contribution in [3.63, 3.8) is 0 Å². The number of rotatable bonds is 4. The second-order valence-electron chi connectivity index (χ2n) is 5.73. The van der Waals surface area contributed by atoms with Gasteiger partial charge < -0.3 is 9.67 Å². The van der Waals surface area contributed by atoms with Gasteiger partial charge in [0.05, 0.1) is 30.5 Å². The predicted octanol–water partition coefficient (Wildman–Crippen LogP) is 2.93. The SMILES string of the molecule is CCn1ncc(F)c1[C@H](O)C[C@H]1c2ccccc2-c2cncn21. The lowest BCUT2D eigenvalue weighted by molar-refractivity contribution is 0.139. The van der Waals surface area contributed by atoms with Gasteiger partial charge in [0.25, 0.3) is 0 Å². The Morgan fingerprint density at radius 3 is 2.96 bits per heavy atom. The van der Waals surface area contributed by atoms with Crippen LogP contribution < -0.4 is 0 Å². The largest absolute Gasteiger partial charge is 0.387 e. The van der Waals surface area contributed by atoms with Crippen LogP contribution >= 0.6 is 0 Å². The summed E-state index contributed by atoms with van der Waals surface area (Å²) in [4.78, 5) is 4.20. The molecule has 6 heteroatoms. The molecule has 1 aromatic carbocycles. The fraction of sp³-hybridized carbons (Fsp3) is 0.294. The molecule has 2 atom stereocenters. The van der Waals surface area contributed by atoms with Crippen LogP contribution in [0.25, 0.3) is 11.3 Å². The van der Waals surface area contributed by atoms with Gasteiger partial charge in [0.2, 0.25) is 0 Å². The lowest BCUT2D eigenvalue weighted by atomic mass is 9.97. The Bertz CT molecular complexity index is 854. The van der Waals surface area contributed by atoms with E-state index in [9.17, 15) is 9.50 Å². The first-order valence-electron chi connectivity index (χ1n) is 7.71. The highest BCUT2D eigenvalue weighted by Gasteiger charge is 2.31. The minimum atomic E-state index is -0.927. The zero-order valence-electron chi connectivity index (χ0n) is 12.7. The molecule has 3 aromatic rings. The van der Waals surface area contributed by atoms with Crippen molar-refractivity contribution < 1.29 is 9.50 Å². The Morgan fingerprint density at radius 2 is 2.13 bits per heavy atom. The van der Waals surface area contributed by atoms with Crippen molar-refractivity contribution in [3.05, 3.63) is 60.1 Å². The molecule has 0 radical (unpaired) electrons. The minimum Gasteiger partial charge on any atom is -0.387 e. The van der Waals surface area contributed by atoms with E-state index in [4.69, 9.17) is 0 Å². The van der Waals surface area contributed by atoms with E-state index in [0.29, 0.717) is 13.0 Å². The molecule has 23 heavy (non-hydrogen) atoms. The van der Waals surface area contributed by atoms with E-state index < -0.39 is 11.9 Å². The summed E-state index contributed by atoms with van der Waals surface area (Å²) >= 11 is 0. The van der Waals surface area contributed by atoms with E-state index in [2.05, 4.69) is 10.1 Å². The van der Waals surface area contributed by atoms with Gasteiger partial charge in [0.1, 0.15) is 11.8 Å². The second kappa shape index (κ2) is 5.31. The van der Waals surface area contributed by atoms with Gasteiger partial charge in [-0.15, -0.1) is 0 Å². The number of aromatic nitrogens is 4. The van der Waals surface area contributed by atoms with E-state index in [1.807, 2.05) is 42.0 Å². The van der Waals surface area contributed by atoms with Crippen LogP contribution in [0.4, 0.5) is 4.39 Å². The number of aryl methyl sites for hydroxylation is 1. The summed E-state index contributed by atoms with van der Waals surface area (Å²) < 4.78 is 17.5. The number of fused-ring (bicyclic) bond motifs is 3. The summed E-state index contributed by atoms with van der Waals surface area (Å²) in [6.07, 6.45) is 4.20. The van der Waals surface area contributed by atoms with E-state index in [1.54, 1.807) is 6.33 Å². The number of imidazole rings is 1. The summed E-state index contributed by atoms with van der Waals surface area (Å²) in [5, 5.41) is 14.6. The third kappa shape index (κ3) is 2.09. The van der Waals surface area contributed by atoms with Crippen molar-refractivity contribution in [1.82, 2.24) is 19.3 Å². The summed E-state index contributed by atoms with van der Waals surface area (Å²) in [6, 6.07) is 8.01. The quantitative estimate of drug-likeness (QED) is 0.806. The number of halogens is 1. The monoisotopic (exact) mass is 312 g/mol. The summed E-state index contributed by atoms with van der Waals surface area (Å²) in [7, 11) is 0. The average molecular weight is 312 g/mol. The van der Waals surface area contributed by atoms with Gasteiger partial charge >= 0.3 is 0 Å². The maximum atomic E-state index is 14.0. The molecule has 0 unspecified atom stereocenters. The maximum Gasteiger partial charge on any atom is 0.166 e. The highest BCUT2D eigenvalue weighted by Crippen LogP contribution is 2.43. The van der Waals surface area contributed by atoms with Gasteiger partial charge in [0, 0.05) is 18.5 Å². The molecular weight excluding hydrogens is 295 g/mol. The molecule has 118 valence electrons. The van der Waals surface area contributed by atoms with Gasteiger partial charge in [-0.05, 0) is 12.5 Å².